The predicted octanol–water partition coefficient (Wildman–Crippen LogP) is 2.75. The predicted molar refractivity (Wildman–Crippen MR) is 97.9 cm³/mol. The second-order valence-corrected chi connectivity index (χ2v) is 9.40. The molecule has 1 saturated heterocycles. The SMILES string of the molecule is CCc1nn(C)c(CC(NN)C2CSC(C)C(C)S2)c1Br. The van der Waals surface area contributed by atoms with Gasteiger partial charge in [-0.05, 0) is 22.4 Å². The van der Waals surface area contributed by atoms with Gasteiger partial charge in [-0.25, -0.2) is 0 Å². The summed E-state index contributed by atoms with van der Waals surface area (Å²) in [4.78, 5) is 0. The van der Waals surface area contributed by atoms with E-state index in [9.17, 15) is 0 Å². The van der Waals surface area contributed by atoms with E-state index >= 15 is 0 Å². The highest BCUT2D eigenvalue weighted by molar-refractivity contribution is 9.10. The number of hydrogen-bond donors (Lipinski definition) is 2. The lowest BCUT2D eigenvalue weighted by atomic mass is 10.1. The van der Waals surface area contributed by atoms with Crippen LogP contribution in [0.4, 0.5) is 0 Å². The van der Waals surface area contributed by atoms with Gasteiger partial charge in [0, 0.05) is 41.0 Å². The molecule has 2 rings (SSSR count). The number of nitrogens with zero attached hydrogens (tertiary/aromatic N) is 2. The molecule has 0 aromatic carbocycles. The van der Waals surface area contributed by atoms with Crippen LogP contribution in [0, 0.1) is 0 Å². The molecule has 1 aromatic heterocycles. The summed E-state index contributed by atoms with van der Waals surface area (Å²) in [6, 6.07) is 0.272. The van der Waals surface area contributed by atoms with Crippen LogP contribution < -0.4 is 11.3 Å². The Balaban J connectivity index is 2.11. The standard InChI is InChI=1S/C14H25BrN4S2/c1-5-10-14(15)12(19(4)18-10)6-11(17-16)13-7-20-8(2)9(3)21-13/h8-9,11,13,17H,5-7,16H2,1-4H3. The number of nitrogens with one attached hydrogen (secondary N) is 1. The number of aryl methyl sites for hydroxylation is 2. The van der Waals surface area contributed by atoms with Gasteiger partial charge in [0.25, 0.3) is 0 Å². The van der Waals surface area contributed by atoms with Crippen LogP contribution in [0.2, 0.25) is 0 Å². The summed E-state index contributed by atoms with van der Waals surface area (Å²) in [5.41, 5.74) is 5.39. The minimum Gasteiger partial charge on any atom is -0.271 e. The largest absolute Gasteiger partial charge is 0.271 e. The quantitative estimate of drug-likeness (QED) is 0.595. The van der Waals surface area contributed by atoms with E-state index in [2.05, 4.69) is 70.7 Å². The third kappa shape index (κ3) is 3.99. The summed E-state index contributed by atoms with van der Waals surface area (Å²) >= 11 is 7.82. The van der Waals surface area contributed by atoms with Crippen LogP contribution in [0.5, 0.6) is 0 Å². The molecule has 7 heteroatoms. The van der Waals surface area contributed by atoms with Crippen LogP contribution in [0.3, 0.4) is 0 Å². The highest BCUT2D eigenvalue weighted by atomic mass is 79.9. The molecule has 0 spiro atoms. The summed E-state index contributed by atoms with van der Waals surface area (Å²) in [6.45, 7) is 6.76. The number of nitrogens with two attached hydrogens (primary N) is 1. The van der Waals surface area contributed by atoms with Crippen molar-refractivity contribution in [3.05, 3.63) is 15.9 Å². The molecule has 0 aliphatic carbocycles. The van der Waals surface area contributed by atoms with E-state index < -0.39 is 0 Å². The minimum atomic E-state index is 0.272. The first-order chi connectivity index (χ1) is 9.97. The van der Waals surface area contributed by atoms with Crippen LogP contribution in [0.1, 0.15) is 32.2 Å². The van der Waals surface area contributed by atoms with Crippen LogP contribution in [0.25, 0.3) is 0 Å². The number of thioether (sulfide) groups is 2. The average molecular weight is 393 g/mol. The molecule has 0 radical (unpaired) electrons. The van der Waals surface area contributed by atoms with Crippen molar-refractivity contribution >= 4 is 39.5 Å². The highest BCUT2D eigenvalue weighted by Crippen LogP contribution is 2.38. The normalized spacial score (nSPS) is 27.8. The summed E-state index contributed by atoms with van der Waals surface area (Å²) < 4.78 is 3.13. The first kappa shape index (κ1) is 17.7. The van der Waals surface area contributed by atoms with E-state index in [1.165, 1.54) is 5.69 Å². The molecule has 1 aromatic rings. The maximum absolute atomic E-state index is 5.85. The van der Waals surface area contributed by atoms with Gasteiger partial charge in [-0.1, -0.05) is 20.8 Å². The van der Waals surface area contributed by atoms with E-state index in [4.69, 9.17) is 5.84 Å². The van der Waals surface area contributed by atoms with Gasteiger partial charge >= 0.3 is 0 Å². The Morgan fingerprint density at radius 1 is 1.48 bits per heavy atom. The topological polar surface area (TPSA) is 55.9 Å². The lowest BCUT2D eigenvalue weighted by molar-refractivity contribution is 0.503. The molecule has 120 valence electrons. The van der Waals surface area contributed by atoms with Gasteiger partial charge in [0.05, 0.1) is 15.9 Å². The fourth-order valence-corrected chi connectivity index (χ4v) is 6.46. The Morgan fingerprint density at radius 2 is 2.19 bits per heavy atom. The van der Waals surface area contributed by atoms with Gasteiger partial charge in [0.2, 0.25) is 0 Å². The fraction of sp³-hybridized carbons (Fsp3) is 0.786. The summed E-state index contributed by atoms with van der Waals surface area (Å²) in [6.07, 6.45) is 1.84. The summed E-state index contributed by atoms with van der Waals surface area (Å²) in [5.74, 6) is 7.01. The maximum Gasteiger partial charge on any atom is 0.0766 e. The van der Waals surface area contributed by atoms with Gasteiger partial charge in [0.15, 0.2) is 0 Å². The minimum absolute atomic E-state index is 0.272. The first-order valence-electron chi connectivity index (χ1n) is 7.41. The van der Waals surface area contributed by atoms with Gasteiger partial charge in [-0.3, -0.25) is 16.0 Å². The van der Waals surface area contributed by atoms with Crippen molar-refractivity contribution < 1.29 is 0 Å². The zero-order valence-electron chi connectivity index (χ0n) is 13.1. The van der Waals surface area contributed by atoms with Gasteiger partial charge in [-0.2, -0.15) is 28.6 Å². The Labute approximate surface area is 144 Å². The lowest BCUT2D eigenvalue weighted by Crippen LogP contribution is -2.48. The van der Waals surface area contributed by atoms with Gasteiger partial charge < -0.3 is 0 Å². The van der Waals surface area contributed by atoms with E-state index in [0.717, 1.165) is 34.0 Å². The van der Waals surface area contributed by atoms with Crippen LogP contribution in [-0.4, -0.2) is 37.3 Å². The van der Waals surface area contributed by atoms with E-state index in [0.29, 0.717) is 10.5 Å². The molecule has 1 fully saturated rings. The number of rotatable bonds is 5. The zero-order valence-corrected chi connectivity index (χ0v) is 16.3. The number of aromatic nitrogens is 2. The Kier molecular flexibility index (Phi) is 6.50. The second-order valence-electron chi connectivity index (χ2n) is 5.58. The third-order valence-electron chi connectivity index (χ3n) is 4.15. The molecule has 21 heavy (non-hydrogen) atoms. The number of halogens is 1. The van der Waals surface area contributed by atoms with Crippen molar-refractivity contribution in [3.63, 3.8) is 0 Å². The Morgan fingerprint density at radius 3 is 2.71 bits per heavy atom. The monoisotopic (exact) mass is 392 g/mol. The highest BCUT2D eigenvalue weighted by Gasteiger charge is 2.32. The molecular weight excluding hydrogens is 368 g/mol. The molecule has 0 bridgehead atoms. The molecule has 0 amide bonds. The zero-order chi connectivity index (χ0) is 15.6. The molecule has 0 saturated carbocycles. The van der Waals surface area contributed by atoms with Crippen LogP contribution in [-0.2, 0) is 19.9 Å². The number of hydrazine groups is 1. The average Bonchev–Trinajstić information content (AvgIpc) is 2.74. The van der Waals surface area contributed by atoms with Crippen LogP contribution in [0.15, 0.2) is 4.47 Å². The Hall–Kier alpha value is 0.310. The molecule has 2 heterocycles. The maximum atomic E-state index is 5.85. The van der Waals surface area contributed by atoms with E-state index in [1.54, 1.807) is 0 Å². The smallest absolute Gasteiger partial charge is 0.0766 e. The molecule has 1 aliphatic rings. The fourth-order valence-electron chi connectivity index (χ4n) is 2.57. The lowest BCUT2D eigenvalue weighted by Gasteiger charge is -2.35. The van der Waals surface area contributed by atoms with Crippen molar-refractivity contribution in [2.24, 2.45) is 12.9 Å². The van der Waals surface area contributed by atoms with Crippen molar-refractivity contribution in [2.75, 3.05) is 5.75 Å². The summed E-state index contributed by atoms with van der Waals surface area (Å²) in [5, 5.41) is 6.51. The first-order valence-corrected chi connectivity index (χ1v) is 10.2. The van der Waals surface area contributed by atoms with Crippen molar-refractivity contribution in [1.29, 1.82) is 0 Å². The molecule has 4 unspecified atom stereocenters. The molecule has 3 N–H and O–H groups in total. The van der Waals surface area contributed by atoms with E-state index in [-0.39, 0.29) is 6.04 Å². The third-order valence-corrected chi connectivity index (χ3v) is 8.62. The van der Waals surface area contributed by atoms with Crippen LogP contribution >= 0.6 is 39.5 Å². The van der Waals surface area contributed by atoms with E-state index in [1.807, 2.05) is 11.7 Å². The van der Waals surface area contributed by atoms with Crippen molar-refractivity contribution in [1.82, 2.24) is 15.2 Å². The van der Waals surface area contributed by atoms with Gasteiger partial charge in [0.1, 0.15) is 0 Å². The van der Waals surface area contributed by atoms with Gasteiger partial charge in [-0.15, -0.1) is 0 Å². The second kappa shape index (κ2) is 7.73. The van der Waals surface area contributed by atoms with Crippen molar-refractivity contribution in [3.8, 4) is 0 Å². The molecular formula is C14H25BrN4S2. The molecule has 4 atom stereocenters. The Bertz CT molecular complexity index is 480. The van der Waals surface area contributed by atoms with Crippen molar-refractivity contribution in [2.45, 2.75) is 55.4 Å². The number of hydrogen-bond acceptors (Lipinski definition) is 5. The summed E-state index contributed by atoms with van der Waals surface area (Å²) in [7, 11) is 2.01. The molecule has 1 aliphatic heterocycles. The molecule has 4 nitrogen and oxygen atoms in total.